The summed E-state index contributed by atoms with van der Waals surface area (Å²) in [5.74, 6) is 0.534. The first-order valence-corrected chi connectivity index (χ1v) is 9.33. The molecule has 4 nitrogen and oxygen atoms in total. The fraction of sp³-hybridized carbons (Fsp3) is 0.294. The fourth-order valence-electron chi connectivity index (χ4n) is 2.05. The molecule has 2 aromatic rings. The van der Waals surface area contributed by atoms with Gasteiger partial charge in [0, 0.05) is 5.69 Å². The van der Waals surface area contributed by atoms with Gasteiger partial charge in [0.05, 0.1) is 15.5 Å². The summed E-state index contributed by atoms with van der Waals surface area (Å²) < 4.78 is 71.3. The third-order valence-corrected chi connectivity index (χ3v) is 4.79. The van der Waals surface area contributed by atoms with Gasteiger partial charge in [-0.15, -0.1) is 0 Å². The number of anilines is 1. The fourth-order valence-corrected chi connectivity index (χ4v) is 3.36. The van der Waals surface area contributed by atoms with E-state index in [-0.39, 0.29) is 5.69 Å². The van der Waals surface area contributed by atoms with E-state index in [9.17, 15) is 21.6 Å². The maximum atomic E-state index is 12.9. The molecule has 0 aliphatic rings. The van der Waals surface area contributed by atoms with Crippen LogP contribution < -0.4 is 9.46 Å². The molecule has 0 saturated carbocycles. The maximum Gasteiger partial charge on any atom is 0.417 e. The standard InChI is InChI=1S/C17H17ClF3NO3S/c1-16(2,3)25-12-6-4-11(5-7-12)22-26(23,24)13-8-9-15(18)14(10-13)17(19,20)21/h4-10,22H,1-3H3. The summed E-state index contributed by atoms with van der Waals surface area (Å²) in [5, 5.41) is -0.569. The van der Waals surface area contributed by atoms with Crippen molar-refractivity contribution in [1.82, 2.24) is 0 Å². The number of hydrogen-bond donors (Lipinski definition) is 1. The van der Waals surface area contributed by atoms with Crippen LogP contribution in [-0.4, -0.2) is 14.0 Å². The molecule has 1 N–H and O–H groups in total. The summed E-state index contributed by atoms with van der Waals surface area (Å²) >= 11 is 5.51. The summed E-state index contributed by atoms with van der Waals surface area (Å²) in [6.45, 7) is 5.59. The predicted octanol–water partition coefficient (Wildman–Crippen LogP) is 5.34. The number of rotatable bonds is 4. The molecular weight excluding hydrogens is 391 g/mol. The predicted molar refractivity (Wildman–Crippen MR) is 94.1 cm³/mol. The second kappa shape index (κ2) is 7.00. The Balaban J connectivity index is 2.26. The molecule has 142 valence electrons. The molecule has 0 aromatic heterocycles. The normalized spacial score (nSPS) is 12.7. The Kier molecular flexibility index (Phi) is 5.49. The molecule has 0 radical (unpaired) electrons. The van der Waals surface area contributed by atoms with Crippen molar-refractivity contribution >= 4 is 27.3 Å². The van der Waals surface area contributed by atoms with Crippen LogP contribution >= 0.6 is 11.6 Å². The zero-order valence-electron chi connectivity index (χ0n) is 14.2. The maximum absolute atomic E-state index is 12.9. The average molecular weight is 408 g/mol. The number of nitrogens with one attached hydrogen (secondary N) is 1. The van der Waals surface area contributed by atoms with Crippen LogP contribution in [0.2, 0.25) is 5.02 Å². The van der Waals surface area contributed by atoms with Crippen molar-refractivity contribution in [3.05, 3.63) is 53.1 Å². The Labute approximate surface area is 155 Å². The van der Waals surface area contributed by atoms with Gasteiger partial charge in [0.15, 0.2) is 0 Å². The van der Waals surface area contributed by atoms with E-state index in [1.54, 1.807) is 12.1 Å². The van der Waals surface area contributed by atoms with Crippen LogP contribution in [0.4, 0.5) is 18.9 Å². The summed E-state index contributed by atoms with van der Waals surface area (Å²) in [7, 11) is -4.21. The third-order valence-electron chi connectivity index (χ3n) is 3.08. The largest absolute Gasteiger partial charge is 0.488 e. The number of alkyl halides is 3. The molecule has 2 rings (SSSR count). The second-order valence-electron chi connectivity index (χ2n) is 6.48. The quantitative estimate of drug-likeness (QED) is 0.744. The molecule has 0 fully saturated rings. The van der Waals surface area contributed by atoms with Crippen molar-refractivity contribution in [3.8, 4) is 5.75 Å². The molecular formula is C17H17ClF3NO3S. The Morgan fingerprint density at radius 1 is 1.00 bits per heavy atom. The van der Waals surface area contributed by atoms with Crippen molar-refractivity contribution in [2.24, 2.45) is 0 Å². The molecule has 0 saturated heterocycles. The highest BCUT2D eigenvalue weighted by Crippen LogP contribution is 2.36. The topological polar surface area (TPSA) is 55.4 Å². The average Bonchev–Trinajstić information content (AvgIpc) is 2.46. The molecule has 0 bridgehead atoms. The minimum absolute atomic E-state index is 0.190. The highest BCUT2D eigenvalue weighted by molar-refractivity contribution is 7.92. The molecule has 0 aliphatic heterocycles. The zero-order chi connectivity index (χ0) is 19.8. The molecule has 0 atom stereocenters. The van der Waals surface area contributed by atoms with Crippen molar-refractivity contribution < 1.29 is 26.3 Å². The molecule has 0 heterocycles. The van der Waals surface area contributed by atoms with Crippen molar-refractivity contribution in [2.45, 2.75) is 37.4 Å². The highest BCUT2D eigenvalue weighted by Gasteiger charge is 2.34. The Morgan fingerprint density at radius 2 is 1.58 bits per heavy atom. The monoisotopic (exact) mass is 407 g/mol. The number of sulfonamides is 1. The van der Waals surface area contributed by atoms with E-state index >= 15 is 0 Å². The van der Waals surface area contributed by atoms with Crippen molar-refractivity contribution in [1.29, 1.82) is 0 Å². The molecule has 2 aromatic carbocycles. The molecule has 0 amide bonds. The van der Waals surface area contributed by atoms with Gasteiger partial charge in [-0.3, -0.25) is 4.72 Å². The van der Waals surface area contributed by atoms with Gasteiger partial charge in [0.25, 0.3) is 10.0 Å². The molecule has 26 heavy (non-hydrogen) atoms. The van der Waals surface area contributed by atoms with Crippen LogP contribution in [0.1, 0.15) is 26.3 Å². The van der Waals surface area contributed by atoms with Gasteiger partial charge in [-0.25, -0.2) is 8.42 Å². The van der Waals surface area contributed by atoms with E-state index in [0.717, 1.165) is 12.1 Å². The SMILES string of the molecule is CC(C)(C)Oc1ccc(NS(=O)(=O)c2ccc(Cl)c(C(F)(F)F)c2)cc1. The van der Waals surface area contributed by atoms with Crippen LogP contribution in [0, 0.1) is 0 Å². The lowest BCUT2D eigenvalue weighted by Crippen LogP contribution is -2.22. The summed E-state index contributed by atoms with van der Waals surface area (Å²) in [6.07, 6.45) is -4.76. The van der Waals surface area contributed by atoms with E-state index in [0.29, 0.717) is 11.8 Å². The summed E-state index contributed by atoms with van der Waals surface area (Å²) in [4.78, 5) is -0.538. The smallest absolute Gasteiger partial charge is 0.417 e. The van der Waals surface area contributed by atoms with Crippen molar-refractivity contribution in [3.63, 3.8) is 0 Å². The number of hydrogen-bond acceptors (Lipinski definition) is 3. The van der Waals surface area contributed by atoms with Crippen LogP contribution in [0.25, 0.3) is 0 Å². The molecule has 9 heteroatoms. The third kappa shape index (κ3) is 5.28. The van der Waals surface area contributed by atoms with Gasteiger partial charge >= 0.3 is 6.18 Å². The highest BCUT2D eigenvalue weighted by atomic mass is 35.5. The summed E-state index contributed by atoms with van der Waals surface area (Å²) in [5.41, 5.74) is -1.44. The van der Waals surface area contributed by atoms with Crippen LogP contribution in [-0.2, 0) is 16.2 Å². The van der Waals surface area contributed by atoms with Crippen LogP contribution in [0.15, 0.2) is 47.4 Å². The number of halogens is 4. The minimum Gasteiger partial charge on any atom is -0.488 e. The molecule has 0 spiro atoms. The molecule has 0 unspecified atom stereocenters. The first-order valence-electron chi connectivity index (χ1n) is 7.47. The first kappa shape index (κ1) is 20.4. The minimum atomic E-state index is -4.76. The lowest BCUT2D eigenvalue weighted by Gasteiger charge is -2.21. The first-order chi connectivity index (χ1) is 11.8. The van der Waals surface area contributed by atoms with Gasteiger partial charge in [-0.2, -0.15) is 13.2 Å². The van der Waals surface area contributed by atoms with Gasteiger partial charge in [-0.1, -0.05) is 11.6 Å². The second-order valence-corrected chi connectivity index (χ2v) is 8.57. The lowest BCUT2D eigenvalue weighted by atomic mass is 10.2. The molecule has 0 aliphatic carbocycles. The van der Waals surface area contributed by atoms with E-state index in [4.69, 9.17) is 16.3 Å². The van der Waals surface area contributed by atoms with Gasteiger partial charge in [0.2, 0.25) is 0 Å². The van der Waals surface area contributed by atoms with Gasteiger partial charge < -0.3 is 4.74 Å². The summed E-state index contributed by atoms with van der Waals surface area (Å²) in [6, 6.07) is 8.45. The van der Waals surface area contributed by atoms with E-state index in [1.165, 1.54) is 12.1 Å². The van der Waals surface area contributed by atoms with Crippen molar-refractivity contribution in [2.75, 3.05) is 4.72 Å². The number of ether oxygens (including phenoxy) is 1. The van der Waals surface area contributed by atoms with E-state index in [1.807, 2.05) is 20.8 Å². The van der Waals surface area contributed by atoms with E-state index < -0.39 is 37.3 Å². The Hall–Kier alpha value is -1.93. The van der Waals surface area contributed by atoms with E-state index in [2.05, 4.69) is 4.72 Å². The zero-order valence-corrected chi connectivity index (χ0v) is 15.8. The van der Waals surface area contributed by atoms with Gasteiger partial charge in [0.1, 0.15) is 11.4 Å². The Morgan fingerprint density at radius 3 is 2.08 bits per heavy atom. The Bertz CT molecular complexity index is 889. The van der Waals surface area contributed by atoms with Crippen LogP contribution in [0.3, 0.4) is 0 Å². The van der Waals surface area contributed by atoms with Gasteiger partial charge in [-0.05, 0) is 63.2 Å². The number of benzene rings is 2. The lowest BCUT2D eigenvalue weighted by molar-refractivity contribution is -0.137. The van der Waals surface area contributed by atoms with Crippen LogP contribution in [0.5, 0.6) is 5.75 Å².